The number of urea groups is 1. The largest absolute Gasteiger partial charge is 0.325 e. The molecule has 0 aliphatic heterocycles. The summed E-state index contributed by atoms with van der Waals surface area (Å²) in [5, 5.41) is 3.48. The minimum absolute atomic E-state index is 0.0742. The molecule has 18 heavy (non-hydrogen) atoms. The van der Waals surface area contributed by atoms with Crippen molar-refractivity contribution < 1.29 is 4.79 Å². The highest BCUT2D eigenvalue weighted by Crippen LogP contribution is 2.25. The maximum atomic E-state index is 12.2. The number of nitrogens with zero attached hydrogens (tertiary/aromatic N) is 1. The molecule has 100 valence electrons. The Balaban J connectivity index is 2.79. The molecule has 1 aromatic rings. The summed E-state index contributed by atoms with van der Waals surface area (Å²) in [5.74, 6) is 0. The van der Waals surface area contributed by atoms with E-state index in [1.807, 2.05) is 24.0 Å². The van der Waals surface area contributed by atoms with Crippen molar-refractivity contribution >= 4 is 23.3 Å². The van der Waals surface area contributed by atoms with Gasteiger partial charge >= 0.3 is 6.03 Å². The lowest BCUT2D eigenvalue weighted by atomic mass is 10.2. The maximum absolute atomic E-state index is 12.2. The first-order chi connectivity index (χ1) is 8.60. The number of carbonyl (C=O) groups excluding carboxylic acids is 1. The van der Waals surface area contributed by atoms with Crippen molar-refractivity contribution in [2.45, 2.75) is 33.6 Å². The molecule has 0 aliphatic rings. The number of amides is 2. The average molecular weight is 269 g/mol. The summed E-state index contributed by atoms with van der Waals surface area (Å²) in [4.78, 5) is 14.0. The summed E-state index contributed by atoms with van der Waals surface area (Å²) in [7, 11) is 0. The van der Waals surface area contributed by atoms with Gasteiger partial charge in [-0.05, 0) is 31.4 Å². The van der Waals surface area contributed by atoms with Crippen molar-refractivity contribution in [3.63, 3.8) is 0 Å². The predicted octanol–water partition coefficient (Wildman–Crippen LogP) is 4.30. The molecule has 0 aromatic heterocycles. The molecule has 0 fully saturated rings. The van der Waals surface area contributed by atoms with Gasteiger partial charge in [0.15, 0.2) is 0 Å². The molecule has 0 radical (unpaired) electrons. The van der Waals surface area contributed by atoms with Gasteiger partial charge in [0.2, 0.25) is 0 Å². The minimum atomic E-state index is -0.0742. The third-order valence-electron chi connectivity index (χ3n) is 2.73. The van der Waals surface area contributed by atoms with Gasteiger partial charge in [0.1, 0.15) is 0 Å². The van der Waals surface area contributed by atoms with Crippen LogP contribution in [0.3, 0.4) is 0 Å². The van der Waals surface area contributed by atoms with E-state index in [0.29, 0.717) is 10.7 Å². The Hall–Kier alpha value is -1.22. The van der Waals surface area contributed by atoms with Gasteiger partial charge in [0, 0.05) is 13.1 Å². The Kier molecular flexibility index (Phi) is 5.99. The smallest absolute Gasteiger partial charge is 0.321 e. The van der Waals surface area contributed by atoms with Gasteiger partial charge in [0.25, 0.3) is 0 Å². The third-order valence-corrected chi connectivity index (χ3v) is 3.04. The Morgan fingerprint density at radius 3 is 2.39 bits per heavy atom. The van der Waals surface area contributed by atoms with Crippen LogP contribution in [-0.4, -0.2) is 24.0 Å². The summed E-state index contributed by atoms with van der Waals surface area (Å²) in [6, 6.07) is 5.53. The van der Waals surface area contributed by atoms with Crippen LogP contribution in [0.25, 0.3) is 0 Å². The first-order valence-electron chi connectivity index (χ1n) is 6.41. The number of halogens is 1. The number of aryl methyl sites for hydroxylation is 1. The summed E-state index contributed by atoms with van der Waals surface area (Å²) in [5.41, 5.74) is 1.69. The Bertz CT molecular complexity index is 381. The second-order valence-corrected chi connectivity index (χ2v) is 4.76. The van der Waals surface area contributed by atoms with Crippen LogP contribution in [0, 0.1) is 6.92 Å². The van der Waals surface area contributed by atoms with Crippen LogP contribution in [0.1, 0.15) is 32.3 Å². The molecular weight excluding hydrogens is 248 g/mol. The zero-order valence-corrected chi connectivity index (χ0v) is 12.0. The van der Waals surface area contributed by atoms with Crippen LogP contribution in [0.15, 0.2) is 18.2 Å². The molecule has 1 aromatic carbocycles. The first-order valence-corrected chi connectivity index (χ1v) is 6.79. The highest BCUT2D eigenvalue weighted by molar-refractivity contribution is 6.33. The highest BCUT2D eigenvalue weighted by Gasteiger charge is 2.14. The van der Waals surface area contributed by atoms with Crippen molar-refractivity contribution in [3.8, 4) is 0 Å². The van der Waals surface area contributed by atoms with Crippen molar-refractivity contribution in [1.82, 2.24) is 4.90 Å². The van der Waals surface area contributed by atoms with Crippen LogP contribution < -0.4 is 5.32 Å². The van der Waals surface area contributed by atoms with Gasteiger partial charge in [-0.1, -0.05) is 37.6 Å². The summed E-state index contributed by atoms with van der Waals surface area (Å²) in [6.45, 7) is 7.60. The molecule has 4 heteroatoms. The molecule has 1 rings (SSSR count). The fourth-order valence-corrected chi connectivity index (χ4v) is 2.10. The van der Waals surface area contributed by atoms with Crippen LogP contribution in [0.5, 0.6) is 0 Å². The molecule has 0 saturated heterocycles. The van der Waals surface area contributed by atoms with Crippen molar-refractivity contribution in [3.05, 3.63) is 28.8 Å². The van der Waals surface area contributed by atoms with E-state index in [0.717, 1.165) is 31.5 Å². The SMILES string of the molecule is CCCN(CCC)C(=O)Nc1c(C)cccc1Cl. The molecule has 1 N–H and O–H groups in total. The van der Waals surface area contributed by atoms with Crippen LogP contribution in [-0.2, 0) is 0 Å². The minimum Gasteiger partial charge on any atom is -0.325 e. The zero-order chi connectivity index (χ0) is 13.5. The Morgan fingerprint density at radius 2 is 1.89 bits per heavy atom. The topological polar surface area (TPSA) is 32.3 Å². The Morgan fingerprint density at radius 1 is 1.28 bits per heavy atom. The molecule has 0 bridgehead atoms. The fraction of sp³-hybridized carbons (Fsp3) is 0.500. The average Bonchev–Trinajstić information content (AvgIpc) is 2.33. The maximum Gasteiger partial charge on any atom is 0.321 e. The highest BCUT2D eigenvalue weighted by atomic mass is 35.5. The summed E-state index contributed by atoms with van der Waals surface area (Å²) in [6.07, 6.45) is 1.91. The third kappa shape index (κ3) is 3.91. The molecular formula is C14H21ClN2O. The van der Waals surface area contributed by atoms with E-state index in [4.69, 9.17) is 11.6 Å². The van der Waals surface area contributed by atoms with Gasteiger partial charge in [-0.2, -0.15) is 0 Å². The number of para-hydroxylation sites is 1. The Labute approximate surface area is 114 Å². The number of carbonyl (C=O) groups is 1. The van der Waals surface area contributed by atoms with Crippen LogP contribution >= 0.6 is 11.6 Å². The number of anilines is 1. The number of nitrogens with one attached hydrogen (secondary N) is 1. The second-order valence-electron chi connectivity index (χ2n) is 4.35. The van der Waals surface area contributed by atoms with E-state index in [1.165, 1.54) is 0 Å². The van der Waals surface area contributed by atoms with Gasteiger partial charge < -0.3 is 10.2 Å². The van der Waals surface area contributed by atoms with Crippen molar-refractivity contribution in [2.24, 2.45) is 0 Å². The first kappa shape index (κ1) is 14.8. The lowest BCUT2D eigenvalue weighted by Crippen LogP contribution is -2.36. The molecule has 2 amide bonds. The molecule has 0 aliphatic carbocycles. The monoisotopic (exact) mass is 268 g/mol. The molecule has 0 saturated carbocycles. The van der Waals surface area contributed by atoms with E-state index in [-0.39, 0.29) is 6.03 Å². The van der Waals surface area contributed by atoms with E-state index >= 15 is 0 Å². The molecule has 0 spiro atoms. The van der Waals surface area contributed by atoms with E-state index < -0.39 is 0 Å². The number of rotatable bonds is 5. The normalized spacial score (nSPS) is 10.2. The van der Waals surface area contributed by atoms with E-state index in [2.05, 4.69) is 19.2 Å². The summed E-state index contributed by atoms with van der Waals surface area (Å²) >= 11 is 6.10. The quantitative estimate of drug-likeness (QED) is 0.848. The molecule has 0 atom stereocenters. The second kappa shape index (κ2) is 7.27. The molecule has 0 heterocycles. The van der Waals surface area contributed by atoms with Crippen LogP contribution in [0.4, 0.5) is 10.5 Å². The van der Waals surface area contributed by atoms with Gasteiger partial charge in [-0.25, -0.2) is 4.79 Å². The fourth-order valence-electron chi connectivity index (χ4n) is 1.83. The predicted molar refractivity (Wildman–Crippen MR) is 77.4 cm³/mol. The molecule has 3 nitrogen and oxygen atoms in total. The van der Waals surface area contributed by atoms with Gasteiger partial charge in [0.05, 0.1) is 10.7 Å². The summed E-state index contributed by atoms with van der Waals surface area (Å²) < 4.78 is 0. The van der Waals surface area contributed by atoms with Crippen LogP contribution in [0.2, 0.25) is 5.02 Å². The lowest BCUT2D eigenvalue weighted by Gasteiger charge is -2.22. The van der Waals surface area contributed by atoms with Gasteiger partial charge in [-0.3, -0.25) is 0 Å². The van der Waals surface area contributed by atoms with E-state index in [9.17, 15) is 4.79 Å². The number of hydrogen-bond donors (Lipinski definition) is 1. The standard InChI is InChI=1S/C14H21ClN2O/c1-4-9-17(10-5-2)14(18)16-13-11(3)7-6-8-12(13)15/h6-8H,4-5,9-10H2,1-3H3,(H,16,18). The molecule has 0 unspecified atom stereocenters. The number of hydrogen-bond acceptors (Lipinski definition) is 1. The van der Waals surface area contributed by atoms with Crippen molar-refractivity contribution in [1.29, 1.82) is 0 Å². The lowest BCUT2D eigenvalue weighted by molar-refractivity contribution is 0.211. The number of benzene rings is 1. The van der Waals surface area contributed by atoms with Crippen molar-refractivity contribution in [2.75, 3.05) is 18.4 Å². The van der Waals surface area contributed by atoms with E-state index in [1.54, 1.807) is 6.07 Å². The van der Waals surface area contributed by atoms with Gasteiger partial charge in [-0.15, -0.1) is 0 Å². The zero-order valence-electron chi connectivity index (χ0n) is 11.3.